The maximum Gasteiger partial charge on any atom is 0.433 e. The molecule has 0 saturated heterocycles. The van der Waals surface area contributed by atoms with Crippen LogP contribution in [0.25, 0.3) is 0 Å². The first-order valence-electron chi connectivity index (χ1n) is 7.13. The summed E-state index contributed by atoms with van der Waals surface area (Å²) >= 11 is 5.39. The highest BCUT2D eigenvalue weighted by molar-refractivity contribution is 6.28. The van der Waals surface area contributed by atoms with Crippen LogP contribution in [0.3, 0.4) is 0 Å². The van der Waals surface area contributed by atoms with Gasteiger partial charge in [0, 0.05) is 6.07 Å². The van der Waals surface area contributed by atoms with E-state index < -0.39 is 23.0 Å². The Bertz CT molecular complexity index is 866. The summed E-state index contributed by atoms with van der Waals surface area (Å²) in [7, 11) is 0. The highest BCUT2D eigenvalue weighted by Crippen LogP contribution is 2.31. The molecule has 3 aromatic rings. The van der Waals surface area contributed by atoms with Crippen molar-refractivity contribution < 1.29 is 31.8 Å². The van der Waals surface area contributed by atoms with Crippen LogP contribution in [-0.4, -0.2) is 15.1 Å². The fourth-order valence-corrected chi connectivity index (χ4v) is 1.83. The summed E-state index contributed by atoms with van der Waals surface area (Å²) in [6.45, 7) is 0. The second kappa shape index (κ2) is 8.63. The zero-order valence-electron chi connectivity index (χ0n) is 13.2. The quantitative estimate of drug-likeness (QED) is 0.445. The minimum absolute atomic E-state index is 0.0893. The largest absolute Gasteiger partial charge is 0.508 e. The Kier molecular flexibility index (Phi) is 6.51. The standard InChI is InChI=1S/C11H5ClF4N2O.C6H5FO/c12-10-17-8(11(14,15)16)5-9(18-10)19-7-3-1-6(13)2-4-7;7-5-1-3-6(8)4-2-5/h1-5H;1-4,8H. The number of hydrogen-bond acceptors (Lipinski definition) is 4. The maximum absolute atomic E-state index is 12.7. The lowest BCUT2D eigenvalue weighted by atomic mass is 10.3. The third kappa shape index (κ3) is 6.70. The van der Waals surface area contributed by atoms with Gasteiger partial charge in [-0.15, -0.1) is 0 Å². The summed E-state index contributed by atoms with van der Waals surface area (Å²) in [4.78, 5) is 6.55. The number of halogens is 6. The molecule has 0 aliphatic heterocycles. The van der Waals surface area contributed by atoms with Crippen molar-refractivity contribution in [3.05, 3.63) is 77.2 Å². The highest BCUT2D eigenvalue weighted by atomic mass is 35.5. The van der Waals surface area contributed by atoms with Gasteiger partial charge in [0.1, 0.15) is 23.1 Å². The molecule has 142 valence electrons. The second-order valence-electron chi connectivity index (χ2n) is 4.89. The van der Waals surface area contributed by atoms with E-state index in [1.165, 1.54) is 36.4 Å². The van der Waals surface area contributed by atoms with Crippen LogP contribution in [0.15, 0.2) is 54.6 Å². The predicted molar refractivity (Wildman–Crippen MR) is 86.6 cm³/mol. The first-order chi connectivity index (χ1) is 12.6. The Labute approximate surface area is 154 Å². The van der Waals surface area contributed by atoms with Gasteiger partial charge in [0.15, 0.2) is 5.69 Å². The molecule has 2 aromatic carbocycles. The zero-order valence-corrected chi connectivity index (χ0v) is 14.0. The molecule has 0 aliphatic carbocycles. The number of benzene rings is 2. The van der Waals surface area contributed by atoms with Crippen LogP contribution in [0.1, 0.15) is 5.69 Å². The molecule has 0 spiro atoms. The van der Waals surface area contributed by atoms with E-state index in [1.54, 1.807) is 0 Å². The predicted octanol–water partition coefficient (Wildman–Crippen LogP) is 5.61. The van der Waals surface area contributed by atoms with Crippen molar-refractivity contribution in [3.63, 3.8) is 0 Å². The van der Waals surface area contributed by atoms with Crippen LogP contribution in [0.2, 0.25) is 5.28 Å². The molecule has 0 saturated carbocycles. The molecule has 0 radical (unpaired) electrons. The van der Waals surface area contributed by atoms with Gasteiger partial charge >= 0.3 is 6.18 Å². The number of phenols is 1. The molecule has 10 heteroatoms. The Morgan fingerprint density at radius 3 is 1.85 bits per heavy atom. The molecule has 1 heterocycles. The van der Waals surface area contributed by atoms with E-state index in [9.17, 15) is 22.0 Å². The summed E-state index contributed by atoms with van der Waals surface area (Å²) in [5, 5.41) is 8.00. The monoisotopic (exact) mass is 404 g/mol. The van der Waals surface area contributed by atoms with Crippen LogP contribution in [0.5, 0.6) is 17.4 Å². The molecule has 0 atom stereocenters. The fourth-order valence-electron chi connectivity index (χ4n) is 1.66. The summed E-state index contributed by atoms with van der Waals surface area (Å²) in [5.41, 5.74) is -1.22. The Hall–Kier alpha value is -2.94. The number of alkyl halides is 3. The van der Waals surface area contributed by atoms with Crippen LogP contribution in [0.4, 0.5) is 22.0 Å². The van der Waals surface area contributed by atoms with Crippen molar-refractivity contribution in [1.82, 2.24) is 9.97 Å². The lowest BCUT2D eigenvalue weighted by Crippen LogP contribution is -2.09. The number of nitrogens with zero attached hydrogens (tertiary/aromatic N) is 2. The zero-order chi connectivity index (χ0) is 20.0. The van der Waals surface area contributed by atoms with E-state index in [4.69, 9.17) is 21.4 Å². The number of aromatic nitrogens is 2. The average molecular weight is 405 g/mol. The molecule has 0 fully saturated rings. The summed E-state index contributed by atoms with van der Waals surface area (Å²) in [5.74, 6) is -0.985. The SMILES string of the molecule is Fc1ccc(Oc2cc(C(F)(F)F)nc(Cl)n2)cc1.Oc1ccc(F)cc1. The first kappa shape index (κ1) is 20.4. The van der Waals surface area contributed by atoms with Gasteiger partial charge in [-0.25, -0.2) is 13.8 Å². The van der Waals surface area contributed by atoms with Crippen LogP contribution >= 0.6 is 11.6 Å². The van der Waals surface area contributed by atoms with Gasteiger partial charge in [-0.1, -0.05) is 0 Å². The molecule has 3 rings (SSSR count). The van der Waals surface area contributed by atoms with E-state index in [0.717, 1.165) is 12.1 Å². The molecule has 4 nitrogen and oxygen atoms in total. The Morgan fingerprint density at radius 1 is 0.852 bits per heavy atom. The maximum atomic E-state index is 12.7. The Balaban J connectivity index is 0.000000273. The van der Waals surface area contributed by atoms with Crippen molar-refractivity contribution >= 4 is 11.6 Å². The van der Waals surface area contributed by atoms with Gasteiger partial charge in [0.2, 0.25) is 11.2 Å². The third-order valence-electron chi connectivity index (χ3n) is 2.83. The van der Waals surface area contributed by atoms with E-state index in [0.29, 0.717) is 6.07 Å². The number of rotatable bonds is 2. The Morgan fingerprint density at radius 2 is 1.37 bits per heavy atom. The molecule has 0 unspecified atom stereocenters. The van der Waals surface area contributed by atoms with E-state index in [-0.39, 0.29) is 23.2 Å². The van der Waals surface area contributed by atoms with Crippen LogP contribution < -0.4 is 4.74 Å². The first-order valence-corrected chi connectivity index (χ1v) is 7.51. The molecule has 0 bridgehead atoms. The van der Waals surface area contributed by atoms with Gasteiger partial charge in [-0.2, -0.15) is 18.2 Å². The van der Waals surface area contributed by atoms with Crippen molar-refractivity contribution in [3.8, 4) is 17.4 Å². The topological polar surface area (TPSA) is 55.2 Å². The second-order valence-corrected chi connectivity index (χ2v) is 5.23. The van der Waals surface area contributed by atoms with Crippen LogP contribution in [-0.2, 0) is 6.18 Å². The lowest BCUT2D eigenvalue weighted by molar-refractivity contribution is -0.141. The normalized spacial score (nSPS) is 10.7. The molecular weight excluding hydrogens is 395 g/mol. The van der Waals surface area contributed by atoms with E-state index in [2.05, 4.69) is 9.97 Å². The third-order valence-corrected chi connectivity index (χ3v) is 3.00. The highest BCUT2D eigenvalue weighted by Gasteiger charge is 2.34. The van der Waals surface area contributed by atoms with Gasteiger partial charge in [0.05, 0.1) is 0 Å². The van der Waals surface area contributed by atoms with Crippen molar-refractivity contribution in [2.45, 2.75) is 6.18 Å². The smallest absolute Gasteiger partial charge is 0.433 e. The number of phenolic OH excluding ortho intramolecular Hbond substituents is 1. The number of hydrogen-bond donors (Lipinski definition) is 1. The summed E-state index contributed by atoms with van der Waals surface area (Å²) in [6, 6.07) is 10.3. The van der Waals surface area contributed by atoms with Gasteiger partial charge in [-0.05, 0) is 60.1 Å². The van der Waals surface area contributed by atoms with Crippen molar-refractivity contribution in [2.75, 3.05) is 0 Å². The minimum atomic E-state index is -4.66. The molecule has 0 amide bonds. The molecule has 27 heavy (non-hydrogen) atoms. The van der Waals surface area contributed by atoms with Crippen molar-refractivity contribution in [1.29, 1.82) is 0 Å². The lowest BCUT2D eigenvalue weighted by Gasteiger charge is -2.09. The molecular formula is C17H10ClF5N2O2. The van der Waals surface area contributed by atoms with Crippen molar-refractivity contribution in [2.24, 2.45) is 0 Å². The number of ether oxygens (including phenoxy) is 1. The van der Waals surface area contributed by atoms with Gasteiger partial charge in [0.25, 0.3) is 0 Å². The number of aromatic hydroxyl groups is 1. The average Bonchev–Trinajstić information content (AvgIpc) is 2.59. The molecule has 1 N–H and O–H groups in total. The van der Waals surface area contributed by atoms with Gasteiger partial charge < -0.3 is 9.84 Å². The molecule has 1 aromatic heterocycles. The van der Waals surface area contributed by atoms with Crippen LogP contribution in [0, 0.1) is 11.6 Å². The minimum Gasteiger partial charge on any atom is -0.508 e. The summed E-state index contributed by atoms with van der Waals surface area (Å²) in [6.07, 6.45) is -4.66. The summed E-state index contributed by atoms with van der Waals surface area (Å²) < 4.78 is 67.1. The van der Waals surface area contributed by atoms with Gasteiger partial charge in [-0.3, -0.25) is 0 Å². The molecule has 0 aliphatic rings. The fraction of sp³-hybridized carbons (Fsp3) is 0.0588. The van der Waals surface area contributed by atoms with E-state index >= 15 is 0 Å². The van der Waals surface area contributed by atoms with E-state index in [1.807, 2.05) is 0 Å².